The molecular weight excluding hydrogens is 415 g/mol. The van der Waals surface area contributed by atoms with E-state index in [-0.39, 0.29) is 29.4 Å². The Kier molecular flexibility index (Phi) is 8.05. The van der Waals surface area contributed by atoms with Gasteiger partial charge in [0, 0.05) is 25.7 Å². The molecule has 0 saturated carbocycles. The smallest absolute Gasteiger partial charge is 0.241 e. The van der Waals surface area contributed by atoms with E-state index in [1.54, 1.807) is 6.92 Å². The Balaban J connectivity index is 0.00000300. The zero-order valence-electron chi connectivity index (χ0n) is 16.9. The molecule has 0 bridgehead atoms. The number of ether oxygens (including phenoxy) is 1. The highest BCUT2D eigenvalue weighted by Crippen LogP contribution is 2.21. The second-order valence-corrected chi connectivity index (χ2v) is 9.24. The van der Waals surface area contributed by atoms with Crippen LogP contribution < -0.4 is 9.46 Å². The third-order valence-corrected chi connectivity index (χ3v) is 6.40. The van der Waals surface area contributed by atoms with Crippen LogP contribution in [0.25, 0.3) is 0 Å². The summed E-state index contributed by atoms with van der Waals surface area (Å²) in [6.07, 6.45) is 0.863. The van der Waals surface area contributed by atoms with Gasteiger partial charge in [0.2, 0.25) is 10.0 Å². The molecule has 2 aromatic carbocycles. The van der Waals surface area contributed by atoms with Gasteiger partial charge in [0.25, 0.3) is 0 Å². The summed E-state index contributed by atoms with van der Waals surface area (Å²) in [5, 5.41) is 0. The number of hydrogen-bond acceptors (Lipinski definition) is 4. The SMILES string of the molecule is Cc1ccc(F)cc1S(=O)(=O)N[C@@H]1CCN(Cc2ccc(OC(C)C)cc2)C1.Cl. The lowest BCUT2D eigenvalue weighted by Crippen LogP contribution is -2.37. The van der Waals surface area contributed by atoms with Crippen molar-refractivity contribution >= 4 is 22.4 Å². The van der Waals surface area contributed by atoms with Gasteiger partial charge in [-0.05, 0) is 62.6 Å². The molecule has 1 N–H and O–H groups in total. The molecule has 0 aliphatic carbocycles. The van der Waals surface area contributed by atoms with Gasteiger partial charge in [-0.25, -0.2) is 17.5 Å². The van der Waals surface area contributed by atoms with Crippen LogP contribution >= 0.6 is 12.4 Å². The topological polar surface area (TPSA) is 58.6 Å². The van der Waals surface area contributed by atoms with E-state index in [0.29, 0.717) is 12.1 Å². The maximum absolute atomic E-state index is 13.5. The van der Waals surface area contributed by atoms with E-state index in [1.807, 2.05) is 38.1 Å². The summed E-state index contributed by atoms with van der Waals surface area (Å²) >= 11 is 0. The Morgan fingerprint density at radius 2 is 1.90 bits per heavy atom. The van der Waals surface area contributed by atoms with E-state index in [9.17, 15) is 12.8 Å². The first kappa shape index (κ1) is 23.6. The third kappa shape index (κ3) is 6.40. The molecule has 1 aliphatic rings. The molecule has 1 atom stereocenters. The molecule has 0 radical (unpaired) electrons. The highest BCUT2D eigenvalue weighted by Gasteiger charge is 2.28. The molecule has 0 unspecified atom stereocenters. The summed E-state index contributed by atoms with van der Waals surface area (Å²) in [6.45, 7) is 7.83. The largest absolute Gasteiger partial charge is 0.491 e. The first-order valence-corrected chi connectivity index (χ1v) is 11.0. The highest BCUT2D eigenvalue weighted by atomic mass is 35.5. The van der Waals surface area contributed by atoms with Gasteiger partial charge in [0.05, 0.1) is 11.0 Å². The van der Waals surface area contributed by atoms with Crippen molar-refractivity contribution in [2.45, 2.75) is 50.8 Å². The predicted octanol–water partition coefficient (Wildman–Crippen LogP) is 3.90. The number of hydrogen-bond donors (Lipinski definition) is 1. The zero-order valence-corrected chi connectivity index (χ0v) is 18.5. The number of nitrogens with zero attached hydrogens (tertiary/aromatic N) is 1. The lowest BCUT2D eigenvalue weighted by molar-refractivity contribution is 0.242. The minimum Gasteiger partial charge on any atom is -0.491 e. The normalized spacial score (nSPS) is 17.3. The number of sulfonamides is 1. The number of rotatable bonds is 7. The molecule has 2 aromatic rings. The Morgan fingerprint density at radius 1 is 1.21 bits per heavy atom. The predicted molar refractivity (Wildman–Crippen MR) is 115 cm³/mol. The van der Waals surface area contributed by atoms with Gasteiger partial charge >= 0.3 is 0 Å². The fourth-order valence-corrected chi connectivity index (χ4v) is 4.94. The third-order valence-electron chi connectivity index (χ3n) is 4.74. The van der Waals surface area contributed by atoms with Crippen molar-refractivity contribution in [2.75, 3.05) is 13.1 Å². The van der Waals surface area contributed by atoms with E-state index in [0.717, 1.165) is 36.9 Å². The Labute approximate surface area is 178 Å². The molecule has 1 heterocycles. The molecule has 3 rings (SSSR count). The maximum Gasteiger partial charge on any atom is 0.241 e. The molecule has 0 amide bonds. The van der Waals surface area contributed by atoms with Crippen molar-refractivity contribution in [3.05, 3.63) is 59.4 Å². The van der Waals surface area contributed by atoms with Crippen LogP contribution in [0.3, 0.4) is 0 Å². The quantitative estimate of drug-likeness (QED) is 0.706. The molecule has 29 heavy (non-hydrogen) atoms. The molecule has 1 saturated heterocycles. The minimum absolute atomic E-state index is 0. The molecule has 160 valence electrons. The Bertz CT molecular complexity index is 920. The molecule has 0 spiro atoms. The van der Waals surface area contributed by atoms with Crippen molar-refractivity contribution in [3.8, 4) is 5.75 Å². The standard InChI is InChI=1S/C21H27FN2O3S.ClH/c1-15(2)27-20-8-5-17(6-9-20)13-24-11-10-19(14-24)23-28(25,26)21-12-18(22)7-4-16(21)3;/h4-9,12,15,19,23H,10-11,13-14H2,1-3H3;1H/t19-;/m1./s1. The summed E-state index contributed by atoms with van der Waals surface area (Å²) in [6, 6.07) is 11.6. The monoisotopic (exact) mass is 442 g/mol. The van der Waals surface area contributed by atoms with Crippen molar-refractivity contribution in [3.63, 3.8) is 0 Å². The molecule has 0 aromatic heterocycles. The van der Waals surface area contributed by atoms with Crippen LogP contribution in [-0.4, -0.2) is 38.6 Å². The number of likely N-dealkylation sites (tertiary alicyclic amines) is 1. The molecule has 8 heteroatoms. The Morgan fingerprint density at radius 3 is 2.55 bits per heavy atom. The molecular formula is C21H28ClFN2O3S. The van der Waals surface area contributed by atoms with Gasteiger partial charge in [-0.1, -0.05) is 18.2 Å². The van der Waals surface area contributed by atoms with E-state index in [2.05, 4.69) is 9.62 Å². The van der Waals surface area contributed by atoms with Gasteiger partial charge in [0.1, 0.15) is 11.6 Å². The van der Waals surface area contributed by atoms with Crippen LogP contribution in [0.15, 0.2) is 47.4 Å². The van der Waals surface area contributed by atoms with Crippen LogP contribution in [0.1, 0.15) is 31.4 Å². The van der Waals surface area contributed by atoms with Gasteiger partial charge in [-0.3, -0.25) is 4.90 Å². The first-order chi connectivity index (χ1) is 13.2. The van der Waals surface area contributed by atoms with Gasteiger partial charge in [0.15, 0.2) is 0 Å². The summed E-state index contributed by atoms with van der Waals surface area (Å²) in [7, 11) is -3.74. The summed E-state index contributed by atoms with van der Waals surface area (Å²) in [5.74, 6) is 0.292. The van der Waals surface area contributed by atoms with E-state index in [4.69, 9.17) is 4.74 Å². The fraction of sp³-hybridized carbons (Fsp3) is 0.429. The maximum atomic E-state index is 13.5. The molecule has 1 aliphatic heterocycles. The second-order valence-electron chi connectivity index (χ2n) is 7.56. The molecule has 5 nitrogen and oxygen atoms in total. The van der Waals surface area contributed by atoms with Crippen molar-refractivity contribution in [2.24, 2.45) is 0 Å². The van der Waals surface area contributed by atoms with Gasteiger partial charge < -0.3 is 4.74 Å². The van der Waals surface area contributed by atoms with Crippen molar-refractivity contribution < 1.29 is 17.5 Å². The van der Waals surface area contributed by atoms with Gasteiger partial charge in [-0.15, -0.1) is 12.4 Å². The number of aryl methyl sites for hydroxylation is 1. The summed E-state index contributed by atoms with van der Waals surface area (Å²) < 4.78 is 47.2. The lowest BCUT2D eigenvalue weighted by atomic mass is 10.2. The minimum atomic E-state index is -3.74. The Hall–Kier alpha value is -1.67. The van der Waals surface area contributed by atoms with Crippen LogP contribution in [0.2, 0.25) is 0 Å². The van der Waals surface area contributed by atoms with Crippen molar-refractivity contribution in [1.29, 1.82) is 0 Å². The second kappa shape index (κ2) is 9.89. The van der Waals surface area contributed by atoms with Crippen molar-refractivity contribution in [1.82, 2.24) is 9.62 Å². The fourth-order valence-electron chi connectivity index (χ4n) is 3.42. The number of nitrogens with one attached hydrogen (secondary N) is 1. The average Bonchev–Trinajstić information content (AvgIpc) is 3.04. The van der Waals surface area contributed by atoms with Crippen LogP contribution in [0, 0.1) is 12.7 Å². The highest BCUT2D eigenvalue weighted by molar-refractivity contribution is 7.89. The van der Waals surface area contributed by atoms with E-state index >= 15 is 0 Å². The number of halogens is 2. The van der Waals surface area contributed by atoms with E-state index in [1.165, 1.54) is 12.1 Å². The van der Waals surface area contributed by atoms with Crippen LogP contribution in [0.5, 0.6) is 5.75 Å². The zero-order chi connectivity index (χ0) is 20.3. The molecule has 1 fully saturated rings. The summed E-state index contributed by atoms with van der Waals surface area (Å²) in [5.41, 5.74) is 1.69. The average molecular weight is 443 g/mol. The summed E-state index contributed by atoms with van der Waals surface area (Å²) in [4.78, 5) is 2.22. The van der Waals surface area contributed by atoms with Gasteiger partial charge in [-0.2, -0.15) is 0 Å². The lowest BCUT2D eigenvalue weighted by Gasteiger charge is -2.18. The van der Waals surface area contributed by atoms with E-state index < -0.39 is 15.8 Å². The van der Waals surface area contributed by atoms with Crippen LogP contribution in [-0.2, 0) is 16.6 Å². The first-order valence-electron chi connectivity index (χ1n) is 9.49. The number of benzene rings is 2. The van der Waals surface area contributed by atoms with Crippen LogP contribution in [0.4, 0.5) is 4.39 Å².